The summed E-state index contributed by atoms with van der Waals surface area (Å²) in [5.74, 6) is 0. The van der Waals surface area contributed by atoms with Crippen molar-refractivity contribution in [2.75, 3.05) is 11.9 Å². The van der Waals surface area contributed by atoms with E-state index in [1.54, 1.807) is 0 Å². The van der Waals surface area contributed by atoms with Crippen LogP contribution in [0.2, 0.25) is 0 Å². The maximum absolute atomic E-state index is 5.79. The Morgan fingerprint density at radius 1 is 1.38 bits per heavy atom. The summed E-state index contributed by atoms with van der Waals surface area (Å²) >= 11 is 0. The van der Waals surface area contributed by atoms with Crippen LogP contribution in [0.4, 0.5) is 5.69 Å². The van der Waals surface area contributed by atoms with Crippen molar-refractivity contribution in [3.05, 3.63) is 24.0 Å². The van der Waals surface area contributed by atoms with Crippen LogP contribution in [0.1, 0.15) is 44.3 Å². The van der Waals surface area contributed by atoms with E-state index in [2.05, 4.69) is 23.0 Å². The maximum atomic E-state index is 5.79. The lowest BCUT2D eigenvalue weighted by Crippen LogP contribution is -2.28. The summed E-state index contributed by atoms with van der Waals surface area (Å²) in [6.45, 7) is 1.96. The van der Waals surface area contributed by atoms with E-state index in [0.717, 1.165) is 5.69 Å². The Balaban J connectivity index is 2.08. The number of anilines is 1. The highest BCUT2D eigenvalue weighted by atomic mass is 15.1. The summed E-state index contributed by atoms with van der Waals surface area (Å²) in [7, 11) is 2.17. The Hall–Kier alpha value is -1.09. The van der Waals surface area contributed by atoms with E-state index >= 15 is 0 Å². The lowest BCUT2D eigenvalue weighted by atomic mass is 10.2. The first-order valence-corrected chi connectivity index (χ1v) is 6.13. The van der Waals surface area contributed by atoms with Crippen LogP contribution in [0.15, 0.2) is 18.3 Å². The quantitative estimate of drug-likeness (QED) is 0.849. The molecule has 3 nitrogen and oxygen atoms in total. The Labute approximate surface area is 97.7 Å². The average Bonchev–Trinajstić information content (AvgIpc) is 2.81. The van der Waals surface area contributed by atoms with Crippen LogP contribution < -0.4 is 10.6 Å². The number of nitrogens with two attached hydrogens (primary N) is 1. The molecule has 1 unspecified atom stereocenters. The van der Waals surface area contributed by atoms with Gasteiger partial charge in [-0.3, -0.25) is 4.98 Å². The zero-order chi connectivity index (χ0) is 11.5. The van der Waals surface area contributed by atoms with E-state index in [9.17, 15) is 0 Å². The van der Waals surface area contributed by atoms with Crippen molar-refractivity contribution in [2.45, 2.75) is 44.7 Å². The highest BCUT2D eigenvalue weighted by Gasteiger charge is 2.19. The van der Waals surface area contributed by atoms with Gasteiger partial charge in [0.15, 0.2) is 0 Å². The summed E-state index contributed by atoms with van der Waals surface area (Å²) in [6.07, 6.45) is 7.29. The third-order valence-corrected chi connectivity index (χ3v) is 3.52. The van der Waals surface area contributed by atoms with Gasteiger partial charge in [0.2, 0.25) is 0 Å². The molecule has 1 aliphatic carbocycles. The van der Waals surface area contributed by atoms with Gasteiger partial charge in [-0.05, 0) is 31.9 Å². The van der Waals surface area contributed by atoms with Crippen molar-refractivity contribution in [1.82, 2.24) is 4.98 Å². The molecule has 0 aliphatic heterocycles. The number of nitrogens with zero attached hydrogens (tertiary/aromatic N) is 2. The summed E-state index contributed by atoms with van der Waals surface area (Å²) in [5.41, 5.74) is 7.95. The van der Waals surface area contributed by atoms with Gasteiger partial charge in [0, 0.05) is 19.1 Å². The minimum atomic E-state index is 0.0193. The summed E-state index contributed by atoms with van der Waals surface area (Å²) in [4.78, 5) is 6.76. The van der Waals surface area contributed by atoms with Gasteiger partial charge in [-0.2, -0.15) is 0 Å². The summed E-state index contributed by atoms with van der Waals surface area (Å²) < 4.78 is 0. The smallest absolute Gasteiger partial charge is 0.0569 e. The first kappa shape index (κ1) is 11.4. The van der Waals surface area contributed by atoms with E-state index < -0.39 is 0 Å². The highest BCUT2D eigenvalue weighted by Crippen LogP contribution is 2.26. The summed E-state index contributed by atoms with van der Waals surface area (Å²) in [6, 6.07) is 4.88. The third-order valence-electron chi connectivity index (χ3n) is 3.52. The van der Waals surface area contributed by atoms with Crippen molar-refractivity contribution in [3.8, 4) is 0 Å². The molecule has 1 fully saturated rings. The highest BCUT2D eigenvalue weighted by molar-refractivity contribution is 5.45. The van der Waals surface area contributed by atoms with Crippen molar-refractivity contribution in [3.63, 3.8) is 0 Å². The van der Waals surface area contributed by atoms with E-state index in [4.69, 9.17) is 5.73 Å². The van der Waals surface area contributed by atoms with Gasteiger partial charge < -0.3 is 10.6 Å². The van der Waals surface area contributed by atoms with Crippen LogP contribution in [0.3, 0.4) is 0 Å². The first-order chi connectivity index (χ1) is 7.68. The predicted molar refractivity (Wildman–Crippen MR) is 67.5 cm³/mol. The van der Waals surface area contributed by atoms with Crippen LogP contribution in [-0.2, 0) is 0 Å². The molecule has 88 valence electrons. The van der Waals surface area contributed by atoms with Gasteiger partial charge in [0.25, 0.3) is 0 Å². The van der Waals surface area contributed by atoms with E-state index in [1.807, 2.05) is 19.2 Å². The fourth-order valence-corrected chi connectivity index (χ4v) is 2.38. The monoisotopic (exact) mass is 219 g/mol. The van der Waals surface area contributed by atoms with Crippen molar-refractivity contribution in [1.29, 1.82) is 0 Å². The van der Waals surface area contributed by atoms with Crippen molar-refractivity contribution >= 4 is 5.69 Å². The number of hydrogen-bond acceptors (Lipinski definition) is 3. The van der Waals surface area contributed by atoms with Gasteiger partial charge in [0.1, 0.15) is 0 Å². The largest absolute Gasteiger partial charge is 0.370 e. The standard InChI is InChI=1S/C13H21N3/c1-10(14)13-8-7-12(9-15-13)16(2)11-5-3-4-6-11/h7-11H,3-6,14H2,1-2H3. The van der Waals surface area contributed by atoms with E-state index in [-0.39, 0.29) is 6.04 Å². The molecule has 1 saturated carbocycles. The lowest BCUT2D eigenvalue weighted by Gasteiger charge is -2.26. The SMILES string of the molecule is CC(N)c1ccc(N(C)C2CCCC2)cn1. The first-order valence-electron chi connectivity index (χ1n) is 6.13. The lowest BCUT2D eigenvalue weighted by molar-refractivity contribution is 0.651. The Morgan fingerprint density at radius 3 is 2.56 bits per heavy atom. The molecule has 0 spiro atoms. The van der Waals surface area contributed by atoms with Crippen LogP contribution in [-0.4, -0.2) is 18.1 Å². The minimum absolute atomic E-state index is 0.0193. The van der Waals surface area contributed by atoms with Crippen LogP contribution in [0.5, 0.6) is 0 Å². The zero-order valence-electron chi connectivity index (χ0n) is 10.2. The second kappa shape index (κ2) is 4.83. The molecule has 2 N–H and O–H groups in total. The average molecular weight is 219 g/mol. The van der Waals surface area contributed by atoms with Crippen molar-refractivity contribution < 1.29 is 0 Å². The maximum Gasteiger partial charge on any atom is 0.0569 e. The second-order valence-corrected chi connectivity index (χ2v) is 4.78. The fourth-order valence-electron chi connectivity index (χ4n) is 2.38. The van der Waals surface area contributed by atoms with Gasteiger partial charge in [0.05, 0.1) is 17.6 Å². The van der Waals surface area contributed by atoms with Gasteiger partial charge in [-0.1, -0.05) is 12.8 Å². The van der Waals surface area contributed by atoms with Crippen LogP contribution in [0.25, 0.3) is 0 Å². The molecule has 1 aromatic rings. The molecule has 0 saturated heterocycles. The second-order valence-electron chi connectivity index (χ2n) is 4.78. The number of aromatic nitrogens is 1. The van der Waals surface area contributed by atoms with Crippen molar-refractivity contribution in [2.24, 2.45) is 5.73 Å². The van der Waals surface area contributed by atoms with E-state index in [0.29, 0.717) is 6.04 Å². The van der Waals surface area contributed by atoms with Gasteiger partial charge in [-0.15, -0.1) is 0 Å². The van der Waals surface area contributed by atoms with Gasteiger partial charge in [-0.25, -0.2) is 0 Å². The Bertz CT molecular complexity index is 326. The number of hydrogen-bond donors (Lipinski definition) is 1. The molecule has 3 heteroatoms. The molecule has 1 heterocycles. The molecule has 0 amide bonds. The Kier molecular flexibility index (Phi) is 3.44. The number of rotatable bonds is 3. The molecule has 1 aromatic heterocycles. The van der Waals surface area contributed by atoms with Crippen LogP contribution in [0, 0.1) is 0 Å². The Morgan fingerprint density at radius 2 is 2.06 bits per heavy atom. The topological polar surface area (TPSA) is 42.1 Å². The normalized spacial score (nSPS) is 18.7. The molecule has 1 atom stereocenters. The molecular weight excluding hydrogens is 198 g/mol. The molecule has 2 rings (SSSR count). The molecule has 16 heavy (non-hydrogen) atoms. The minimum Gasteiger partial charge on any atom is -0.370 e. The molecule has 0 radical (unpaired) electrons. The van der Waals surface area contributed by atoms with Gasteiger partial charge >= 0.3 is 0 Å². The number of pyridine rings is 1. The molecule has 1 aliphatic rings. The fraction of sp³-hybridized carbons (Fsp3) is 0.615. The zero-order valence-corrected chi connectivity index (χ0v) is 10.2. The molecular formula is C13H21N3. The molecule has 0 aromatic carbocycles. The predicted octanol–water partition coefficient (Wildman–Crippen LogP) is 2.48. The van der Waals surface area contributed by atoms with E-state index in [1.165, 1.54) is 31.4 Å². The van der Waals surface area contributed by atoms with Crippen LogP contribution >= 0.6 is 0 Å². The molecule has 0 bridgehead atoms. The third kappa shape index (κ3) is 2.35. The summed E-state index contributed by atoms with van der Waals surface area (Å²) in [5, 5.41) is 0.